The summed E-state index contributed by atoms with van der Waals surface area (Å²) in [6, 6.07) is 10.1. The average Bonchev–Trinajstić information content (AvgIpc) is 3.12. The van der Waals surface area contributed by atoms with Gasteiger partial charge in [-0.05, 0) is 72.9 Å². The molecule has 2 aliphatic rings. The lowest BCUT2D eigenvalue weighted by Gasteiger charge is -2.33. The van der Waals surface area contributed by atoms with Gasteiger partial charge in [0.2, 0.25) is 5.91 Å². The van der Waals surface area contributed by atoms with E-state index in [9.17, 15) is 18.0 Å². The van der Waals surface area contributed by atoms with Crippen LogP contribution in [0.2, 0.25) is 0 Å². The zero-order valence-electron chi connectivity index (χ0n) is 22.9. The average molecular weight is 547 g/mol. The van der Waals surface area contributed by atoms with Crippen molar-refractivity contribution in [1.29, 1.82) is 0 Å². The number of halogens is 3. The van der Waals surface area contributed by atoms with Crippen LogP contribution >= 0.6 is 0 Å². The van der Waals surface area contributed by atoms with Gasteiger partial charge in [0.15, 0.2) is 0 Å². The third-order valence-electron chi connectivity index (χ3n) is 7.85. The van der Waals surface area contributed by atoms with Gasteiger partial charge >= 0.3 is 6.18 Å². The van der Waals surface area contributed by atoms with Crippen LogP contribution in [0.5, 0.6) is 0 Å². The number of carbonyl (C=O) groups excluding carboxylic acids is 1. The quantitative estimate of drug-likeness (QED) is 0.419. The van der Waals surface area contributed by atoms with Crippen LogP contribution in [0.15, 0.2) is 42.7 Å². The molecule has 39 heavy (non-hydrogen) atoms. The SMILES string of the molecule is C.CC(C)(C)c1ccc(N2CCCN(CCC(=O)N3CCC[C@H](Cc4cncc(C(F)(F)F)c4)C3)CC2)cc1. The molecule has 1 aromatic heterocycles. The Bertz CT molecular complexity index is 1060. The Morgan fingerprint density at radius 3 is 2.38 bits per heavy atom. The van der Waals surface area contributed by atoms with E-state index in [2.05, 4.69) is 59.8 Å². The van der Waals surface area contributed by atoms with Crippen LogP contribution in [0.25, 0.3) is 0 Å². The fourth-order valence-corrected chi connectivity index (χ4v) is 5.58. The first-order valence-corrected chi connectivity index (χ1v) is 13.9. The van der Waals surface area contributed by atoms with Gasteiger partial charge in [-0.15, -0.1) is 0 Å². The highest BCUT2D eigenvalue weighted by atomic mass is 19.4. The molecule has 5 nitrogen and oxygen atoms in total. The van der Waals surface area contributed by atoms with Crippen LogP contribution in [-0.4, -0.2) is 66.5 Å². The number of hydrogen-bond donors (Lipinski definition) is 0. The molecule has 0 saturated carbocycles. The molecule has 1 aromatic carbocycles. The topological polar surface area (TPSA) is 39.7 Å². The van der Waals surface area contributed by atoms with E-state index >= 15 is 0 Å². The molecular weight excluding hydrogens is 501 g/mol. The summed E-state index contributed by atoms with van der Waals surface area (Å²) in [5.74, 6) is 0.310. The predicted octanol–water partition coefficient (Wildman–Crippen LogP) is 6.42. The first-order chi connectivity index (χ1) is 18.0. The van der Waals surface area contributed by atoms with Crippen molar-refractivity contribution in [3.63, 3.8) is 0 Å². The zero-order chi connectivity index (χ0) is 27.3. The first-order valence-electron chi connectivity index (χ1n) is 13.9. The van der Waals surface area contributed by atoms with E-state index in [1.807, 2.05) is 4.90 Å². The maximum Gasteiger partial charge on any atom is 0.417 e. The number of amides is 1. The van der Waals surface area contributed by atoms with Crippen molar-refractivity contribution in [2.75, 3.05) is 50.7 Å². The molecule has 2 aromatic rings. The van der Waals surface area contributed by atoms with E-state index in [0.29, 0.717) is 24.9 Å². The van der Waals surface area contributed by atoms with Crippen LogP contribution in [0.4, 0.5) is 18.9 Å². The van der Waals surface area contributed by atoms with Gasteiger partial charge in [0.05, 0.1) is 5.56 Å². The second-order valence-electron chi connectivity index (χ2n) is 11.9. The Kier molecular flexibility index (Phi) is 10.4. The van der Waals surface area contributed by atoms with Gasteiger partial charge in [-0.1, -0.05) is 40.3 Å². The summed E-state index contributed by atoms with van der Waals surface area (Å²) in [6.45, 7) is 12.6. The predicted molar refractivity (Wildman–Crippen MR) is 152 cm³/mol. The third-order valence-corrected chi connectivity index (χ3v) is 7.85. The number of piperidine rings is 1. The largest absolute Gasteiger partial charge is 0.417 e. The number of hydrogen-bond acceptors (Lipinski definition) is 4. The number of pyridine rings is 1. The van der Waals surface area contributed by atoms with Gasteiger partial charge in [-0.25, -0.2) is 0 Å². The third kappa shape index (κ3) is 8.69. The molecule has 2 aliphatic heterocycles. The van der Waals surface area contributed by atoms with E-state index in [1.54, 1.807) is 0 Å². The minimum absolute atomic E-state index is 0. The second kappa shape index (κ2) is 13.2. The van der Waals surface area contributed by atoms with Crippen LogP contribution in [0, 0.1) is 5.92 Å². The van der Waals surface area contributed by atoms with Crippen molar-refractivity contribution in [1.82, 2.24) is 14.8 Å². The van der Waals surface area contributed by atoms with Crippen LogP contribution in [0.1, 0.15) is 70.6 Å². The number of likely N-dealkylation sites (tertiary alicyclic amines) is 1. The van der Waals surface area contributed by atoms with Crippen molar-refractivity contribution >= 4 is 11.6 Å². The molecule has 0 aliphatic carbocycles. The Morgan fingerprint density at radius 1 is 0.949 bits per heavy atom. The second-order valence-corrected chi connectivity index (χ2v) is 11.9. The van der Waals surface area contributed by atoms with Gasteiger partial charge < -0.3 is 14.7 Å². The number of nitrogens with zero attached hydrogens (tertiary/aromatic N) is 4. The summed E-state index contributed by atoms with van der Waals surface area (Å²) in [4.78, 5) is 23.6. The highest BCUT2D eigenvalue weighted by Gasteiger charge is 2.31. The summed E-state index contributed by atoms with van der Waals surface area (Å²) in [5.41, 5.74) is 2.61. The maximum atomic E-state index is 13.0. The molecule has 0 spiro atoms. The lowest BCUT2D eigenvalue weighted by molar-refractivity contribution is -0.138. The smallest absolute Gasteiger partial charge is 0.370 e. The summed E-state index contributed by atoms with van der Waals surface area (Å²) in [5, 5.41) is 0. The standard InChI is InChI=1S/C30H41F3N4O.CH4/c1-29(2,3)25-7-9-27(10-8-25)36-14-5-12-35(16-17-36)15-11-28(38)37-13-4-6-23(22-37)18-24-19-26(21-34-20-24)30(31,32)33;/h7-10,19-21,23H,4-6,11-18,22H2,1-3H3;1H4/t23-;/m1./s1. The lowest BCUT2D eigenvalue weighted by Crippen LogP contribution is -2.42. The Labute approximate surface area is 232 Å². The lowest BCUT2D eigenvalue weighted by atomic mass is 9.87. The van der Waals surface area contributed by atoms with Crippen LogP contribution in [-0.2, 0) is 22.8 Å². The molecular formula is C31H45F3N4O. The molecule has 2 fully saturated rings. The van der Waals surface area contributed by atoms with Crippen molar-refractivity contribution in [2.45, 2.75) is 71.9 Å². The van der Waals surface area contributed by atoms with Gasteiger partial charge in [0.1, 0.15) is 0 Å². The summed E-state index contributed by atoms with van der Waals surface area (Å²) < 4.78 is 39.1. The minimum atomic E-state index is -4.39. The Balaban J connectivity index is 0.00000420. The molecule has 0 unspecified atom stereocenters. The van der Waals surface area contributed by atoms with E-state index in [-0.39, 0.29) is 24.7 Å². The normalized spacial score (nSPS) is 19.4. The fraction of sp³-hybridized carbons (Fsp3) is 0.613. The molecule has 3 heterocycles. The molecule has 1 atom stereocenters. The molecule has 216 valence electrons. The highest BCUT2D eigenvalue weighted by Crippen LogP contribution is 2.30. The summed E-state index contributed by atoms with van der Waals surface area (Å²) in [7, 11) is 0. The number of alkyl halides is 3. The zero-order valence-corrected chi connectivity index (χ0v) is 22.9. The van der Waals surface area contributed by atoms with E-state index in [1.165, 1.54) is 23.5 Å². The van der Waals surface area contributed by atoms with E-state index in [4.69, 9.17) is 0 Å². The summed E-state index contributed by atoms with van der Waals surface area (Å²) in [6.07, 6.45) is 1.85. The minimum Gasteiger partial charge on any atom is -0.370 e. The molecule has 1 amide bonds. The Morgan fingerprint density at radius 2 is 1.69 bits per heavy atom. The summed E-state index contributed by atoms with van der Waals surface area (Å²) >= 11 is 0. The monoisotopic (exact) mass is 546 g/mol. The fourth-order valence-electron chi connectivity index (χ4n) is 5.58. The van der Waals surface area contributed by atoms with E-state index in [0.717, 1.165) is 64.7 Å². The molecule has 0 radical (unpaired) electrons. The van der Waals surface area contributed by atoms with Gasteiger partial charge in [0.25, 0.3) is 0 Å². The molecule has 2 saturated heterocycles. The molecule has 0 N–H and O–H groups in total. The first kappa shape index (κ1) is 30.9. The number of anilines is 1. The molecule has 8 heteroatoms. The van der Waals surface area contributed by atoms with Crippen LogP contribution < -0.4 is 4.90 Å². The number of benzene rings is 1. The van der Waals surface area contributed by atoms with Gasteiger partial charge in [-0.2, -0.15) is 13.2 Å². The van der Waals surface area contributed by atoms with E-state index < -0.39 is 11.7 Å². The highest BCUT2D eigenvalue weighted by molar-refractivity contribution is 5.76. The number of carbonyl (C=O) groups is 1. The van der Waals surface area contributed by atoms with Crippen LogP contribution in [0.3, 0.4) is 0 Å². The Hall–Kier alpha value is -2.61. The van der Waals surface area contributed by atoms with Gasteiger partial charge in [-0.3, -0.25) is 9.78 Å². The van der Waals surface area contributed by atoms with Gasteiger partial charge in [0, 0.05) is 63.8 Å². The van der Waals surface area contributed by atoms with Crippen molar-refractivity contribution in [2.24, 2.45) is 5.92 Å². The number of aromatic nitrogens is 1. The maximum absolute atomic E-state index is 13.0. The van der Waals surface area contributed by atoms with Crippen molar-refractivity contribution in [3.8, 4) is 0 Å². The molecule has 4 rings (SSSR count). The molecule has 0 bridgehead atoms. The van der Waals surface area contributed by atoms with Crippen molar-refractivity contribution in [3.05, 3.63) is 59.4 Å². The van der Waals surface area contributed by atoms with Crippen molar-refractivity contribution < 1.29 is 18.0 Å². The number of rotatable bonds is 6.